The van der Waals surface area contributed by atoms with Crippen molar-refractivity contribution in [2.45, 2.75) is 40.0 Å². The Balaban J connectivity index is 1.89. The van der Waals surface area contributed by atoms with Crippen LogP contribution in [0.25, 0.3) is 0 Å². The van der Waals surface area contributed by atoms with Crippen LogP contribution in [0.1, 0.15) is 46.8 Å². The van der Waals surface area contributed by atoms with Gasteiger partial charge in [-0.05, 0) is 73.9 Å². The molecule has 2 aromatic carbocycles. The summed E-state index contributed by atoms with van der Waals surface area (Å²) in [5.41, 5.74) is 6.73. The van der Waals surface area contributed by atoms with Crippen molar-refractivity contribution >= 4 is 17.3 Å². The number of benzene rings is 2. The Morgan fingerprint density at radius 3 is 2.62 bits per heavy atom. The highest BCUT2D eigenvalue weighted by Crippen LogP contribution is 2.30. The predicted octanol–water partition coefficient (Wildman–Crippen LogP) is 4.82. The van der Waals surface area contributed by atoms with E-state index >= 15 is 0 Å². The van der Waals surface area contributed by atoms with E-state index in [4.69, 9.17) is 4.84 Å². The summed E-state index contributed by atoms with van der Waals surface area (Å²) in [4.78, 5) is 18.0. The third-order valence-electron chi connectivity index (χ3n) is 4.55. The summed E-state index contributed by atoms with van der Waals surface area (Å²) < 4.78 is 14.3. The molecule has 0 atom stereocenters. The molecule has 0 heterocycles. The normalized spacial score (nSPS) is 13.5. The van der Waals surface area contributed by atoms with E-state index in [9.17, 15) is 9.18 Å². The van der Waals surface area contributed by atoms with Crippen LogP contribution in [0, 0.1) is 25.6 Å². The Morgan fingerprint density at radius 1 is 1.19 bits per heavy atom. The van der Waals surface area contributed by atoms with Crippen LogP contribution in [0.4, 0.5) is 15.8 Å². The SMILES string of the molecule is CCc1cc(C)cc(C(=O)NOCC2CC2)c1Nc1ccc(C)cc1F. The highest BCUT2D eigenvalue weighted by atomic mass is 19.1. The first-order valence-electron chi connectivity index (χ1n) is 9.06. The molecule has 3 rings (SSSR count). The molecule has 1 aliphatic rings. The minimum atomic E-state index is -0.344. The lowest BCUT2D eigenvalue weighted by atomic mass is 10.0. The van der Waals surface area contributed by atoms with Gasteiger partial charge < -0.3 is 5.32 Å². The van der Waals surface area contributed by atoms with E-state index in [1.807, 2.05) is 32.9 Å². The fraction of sp³-hybridized carbons (Fsp3) is 0.381. The standard InChI is InChI=1S/C21H25FN2O2/c1-4-16-9-14(3)10-17(21(25)24-26-12-15-6-7-15)20(16)23-19-8-5-13(2)11-18(19)22/h5,8-11,15,23H,4,6-7,12H2,1-3H3,(H,24,25). The fourth-order valence-electron chi connectivity index (χ4n) is 2.89. The summed E-state index contributed by atoms with van der Waals surface area (Å²) in [6.45, 7) is 6.33. The molecule has 0 saturated heterocycles. The van der Waals surface area contributed by atoms with Crippen molar-refractivity contribution < 1.29 is 14.0 Å². The molecule has 138 valence electrons. The summed E-state index contributed by atoms with van der Waals surface area (Å²) in [7, 11) is 0. The molecule has 1 saturated carbocycles. The number of carbonyl (C=O) groups excluding carboxylic acids is 1. The van der Waals surface area contributed by atoms with Gasteiger partial charge in [0, 0.05) is 0 Å². The van der Waals surface area contributed by atoms with E-state index in [1.165, 1.54) is 6.07 Å². The van der Waals surface area contributed by atoms with Gasteiger partial charge in [-0.25, -0.2) is 9.87 Å². The molecular formula is C21H25FN2O2. The zero-order valence-corrected chi connectivity index (χ0v) is 15.5. The van der Waals surface area contributed by atoms with Gasteiger partial charge in [0.05, 0.1) is 23.5 Å². The number of rotatable bonds is 7. The summed E-state index contributed by atoms with van der Waals surface area (Å²) >= 11 is 0. The smallest absolute Gasteiger partial charge is 0.276 e. The second-order valence-electron chi connectivity index (χ2n) is 6.99. The van der Waals surface area contributed by atoms with E-state index in [1.54, 1.807) is 12.1 Å². The van der Waals surface area contributed by atoms with Gasteiger partial charge in [-0.2, -0.15) is 0 Å². The van der Waals surface area contributed by atoms with Gasteiger partial charge in [-0.1, -0.05) is 19.1 Å². The summed E-state index contributed by atoms with van der Waals surface area (Å²) in [6.07, 6.45) is 3.03. The van der Waals surface area contributed by atoms with Crippen LogP contribution in [-0.2, 0) is 11.3 Å². The van der Waals surface area contributed by atoms with Crippen molar-refractivity contribution in [2.75, 3.05) is 11.9 Å². The minimum absolute atomic E-state index is 0.320. The summed E-state index contributed by atoms with van der Waals surface area (Å²) in [6, 6.07) is 8.80. The molecule has 1 fully saturated rings. The number of hydrogen-bond donors (Lipinski definition) is 2. The maximum absolute atomic E-state index is 14.3. The first kappa shape index (κ1) is 18.4. The highest BCUT2D eigenvalue weighted by molar-refractivity contribution is 6.00. The molecule has 0 aromatic heterocycles. The molecule has 0 spiro atoms. The Morgan fingerprint density at radius 2 is 1.96 bits per heavy atom. The lowest BCUT2D eigenvalue weighted by Gasteiger charge is -2.18. The van der Waals surface area contributed by atoms with Gasteiger partial charge in [0.2, 0.25) is 0 Å². The van der Waals surface area contributed by atoms with E-state index in [-0.39, 0.29) is 11.7 Å². The van der Waals surface area contributed by atoms with Crippen LogP contribution >= 0.6 is 0 Å². The molecule has 1 amide bonds. The Labute approximate surface area is 153 Å². The van der Waals surface area contributed by atoms with Crippen LogP contribution in [-0.4, -0.2) is 12.5 Å². The molecule has 1 aliphatic carbocycles. The Bertz CT molecular complexity index is 816. The molecule has 2 aromatic rings. The number of nitrogens with one attached hydrogen (secondary N) is 2. The average molecular weight is 356 g/mol. The third kappa shape index (κ3) is 4.41. The molecule has 5 heteroatoms. The number of anilines is 2. The van der Waals surface area contributed by atoms with Crippen LogP contribution < -0.4 is 10.8 Å². The fourth-order valence-corrected chi connectivity index (χ4v) is 2.89. The van der Waals surface area contributed by atoms with Crippen LogP contribution in [0.15, 0.2) is 30.3 Å². The molecule has 2 N–H and O–H groups in total. The highest BCUT2D eigenvalue weighted by Gasteiger charge is 2.23. The lowest BCUT2D eigenvalue weighted by molar-refractivity contribution is 0.0271. The number of carbonyl (C=O) groups is 1. The van der Waals surface area contributed by atoms with Crippen molar-refractivity contribution in [2.24, 2.45) is 5.92 Å². The average Bonchev–Trinajstić information content (AvgIpc) is 3.42. The van der Waals surface area contributed by atoms with Gasteiger partial charge in [-0.3, -0.25) is 9.63 Å². The number of halogens is 1. The van der Waals surface area contributed by atoms with Gasteiger partial charge >= 0.3 is 0 Å². The van der Waals surface area contributed by atoms with Crippen LogP contribution in [0.5, 0.6) is 0 Å². The summed E-state index contributed by atoms with van der Waals surface area (Å²) in [5, 5.41) is 3.12. The van der Waals surface area contributed by atoms with Crippen molar-refractivity contribution in [3.8, 4) is 0 Å². The summed E-state index contributed by atoms with van der Waals surface area (Å²) in [5.74, 6) is -0.110. The van der Waals surface area contributed by atoms with Crippen molar-refractivity contribution in [3.63, 3.8) is 0 Å². The zero-order chi connectivity index (χ0) is 18.7. The van der Waals surface area contributed by atoms with E-state index in [2.05, 4.69) is 10.8 Å². The number of aryl methyl sites for hydroxylation is 3. The minimum Gasteiger partial charge on any atom is -0.352 e. The zero-order valence-electron chi connectivity index (χ0n) is 15.5. The van der Waals surface area contributed by atoms with E-state index in [0.717, 1.165) is 36.0 Å². The topological polar surface area (TPSA) is 50.4 Å². The molecule has 0 radical (unpaired) electrons. The molecule has 0 bridgehead atoms. The molecule has 4 nitrogen and oxygen atoms in total. The first-order chi connectivity index (χ1) is 12.5. The predicted molar refractivity (Wildman–Crippen MR) is 101 cm³/mol. The maximum atomic E-state index is 14.3. The second-order valence-corrected chi connectivity index (χ2v) is 6.99. The largest absolute Gasteiger partial charge is 0.352 e. The molecule has 26 heavy (non-hydrogen) atoms. The Hall–Kier alpha value is -2.40. The molecule has 0 aliphatic heterocycles. The number of hydroxylamine groups is 1. The second kappa shape index (κ2) is 7.87. The van der Waals surface area contributed by atoms with Gasteiger partial charge in [0.1, 0.15) is 5.82 Å². The third-order valence-corrected chi connectivity index (χ3v) is 4.55. The van der Waals surface area contributed by atoms with Crippen molar-refractivity contribution in [1.29, 1.82) is 0 Å². The quantitative estimate of drug-likeness (QED) is 0.699. The number of amides is 1. The van der Waals surface area contributed by atoms with Gasteiger partial charge in [0.15, 0.2) is 0 Å². The number of hydrogen-bond acceptors (Lipinski definition) is 3. The van der Waals surface area contributed by atoms with E-state index < -0.39 is 0 Å². The monoisotopic (exact) mass is 356 g/mol. The van der Waals surface area contributed by atoms with Gasteiger partial charge in [-0.15, -0.1) is 0 Å². The van der Waals surface area contributed by atoms with E-state index in [0.29, 0.717) is 29.5 Å². The molecule has 0 unspecified atom stereocenters. The maximum Gasteiger partial charge on any atom is 0.276 e. The molecular weight excluding hydrogens is 331 g/mol. The van der Waals surface area contributed by atoms with Gasteiger partial charge in [0.25, 0.3) is 5.91 Å². The van der Waals surface area contributed by atoms with Crippen molar-refractivity contribution in [1.82, 2.24) is 5.48 Å². The Kier molecular flexibility index (Phi) is 5.57. The van der Waals surface area contributed by atoms with Crippen LogP contribution in [0.2, 0.25) is 0 Å². The van der Waals surface area contributed by atoms with Crippen molar-refractivity contribution in [3.05, 3.63) is 58.4 Å². The lowest BCUT2D eigenvalue weighted by Crippen LogP contribution is -2.26. The van der Waals surface area contributed by atoms with Crippen LogP contribution in [0.3, 0.4) is 0 Å². The first-order valence-corrected chi connectivity index (χ1v) is 9.06.